The smallest absolute Gasteiger partial charge is 0.133 e. The summed E-state index contributed by atoms with van der Waals surface area (Å²) in [5.74, 6) is 1.27. The van der Waals surface area contributed by atoms with E-state index < -0.39 is 0 Å². The van der Waals surface area contributed by atoms with Crippen molar-refractivity contribution in [3.8, 4) is 11.3 Å². The molecule has 0 aliphatic rings. The zero-order valence-electron chi connectivity index (χ0n) is 11.9. The Kier molecular flexibility index (Phi) is 4.10. The van der Waals surface area contributed by atoms with Gasteiger partial charge in [-0.3, -0.25) is 4.98 Å². The number of anilines is 1. The molecule has 0 bridgehead atoms. The molecular formula is C15H20N4. The first kappa shape index (κ1) is 13.5. The Morgan fingerprint density at radius 1 is 1.26 bits per heavy atom. The molecule has 0 aliphatic carbocycles. The largest absolute Gasteiger partial charge is 0.370 e. The number of hydrogen-bond donors (Lipinski definition) is 1. The topological polar surface area (TPSA) is 50.7 Å². The van der Waals surface area contributed by atoms with Gasteiger partial charge in [0.15, 0.2) is 0 Å². The average molecular weight is 256 g/mol. The third-order valence-corrected chi connectivity index (χ3v) is 3.10. The lowest BCUT2D eigenvalue weighted by Gasteiger charge is -2.17. The third-order valence-electron chi connectivity index (χ3n) is 3.10. The van der Waals surface area contributed by atoms with Gasteiger partial charge < -0.3 is 5.32 Å². The summed E-state index contributed by atoms with van der Waals surface area (Å²) in [5.41, 5.74) is 4.39. The molecule has 0 saturated carbocycles. The van der Waals surface area contributed by atoms with Crippen molar-refractivity contribution in [3.63, 3.8) is 0 Å². The van der Waals surface area contributed by atoms with E-state index in [-0.39, 0.29) is 0 Å². The highest BCUT2D eigenvalue weighted by molar-refractivity contribution is 5.70. The molecule has 19 heavy (non-hydrogen) atoms. The van der Waals surface area contributed by atoms with Crippen molar-refractivity contribution in [1.29, 1.82) is 0 Å². The van der Waals surface area contributed by atoms with Gasteiger partial charge in [0.2, 0.25) is 0 Å². The Morgan fingerprint density at radius 2 is 2.05 bits per heavy atom. The maximum atomic E-state index is 4.48. The van der Waals surface area contributed by atoms with Crippen LogP contribution in [0.15, 0.2) is 24.8 Å². The van der Waals surface area contributed by atoms with Crippen LogP contribution < -0.4 is 5.32 Å². The number of rotatable bonds is 4. The predicted octanol–water partition coefficient (Wildman–Crippen LogP) is 3.40. The molecule has 1 N–H and O–H groups in total. The monoisotopic (exact) mass is 256 g/mol. The van der Waals surface area contributed by atoms with E-state index >= 15 is 0 Å². The van der Waals surface area contributed by atoms with Crippen molar-refractivity contribution in [2.45, 2.75) is 33.6 Å². The number of hydrogen-bond acceptors (Lipinski definition) is 4. The standard InChI is InChI=1S/C15H20N4/c1-5-17-15-13(10(2)3)14(18-9-19-15)12-8-16-7-6-11(12)4/h6-10H,5H2,1-4H3,(H,17,18,19). The zero-order valence-corrected chi connectivity index (χ0v) is 11.9. The Labute approximate surface area is 114 Å². The first-order valence-electron chi connectivity index (χ1n) is 6.64. The molecule has 0 saturated heterocycles. The Balaban J connectivity index is 2.63. The van der Waals surface area contributed by atoms with E-state index in [1.54, 1.807) is 12.5 Å². The summed E-state index contributed by atoms with van der Waals surface area (Å²) in [4.78, 5) is 13.1. The SMILES string of the molecule is CCNc1ncnc(-c2cnccc2C)c1C(C)C. The van der Waals surface area contributed by atoms with Crippen LogP contribution in [0.1, 0.15) is 37.8 Å². The summed E-state index contributed by atoms with van der Waals surface area (Å²) >= 11 is 0. The molecule has 0 fully saturated rings. The molecule has 0 radical (unpaired) electrons. The van der Waals surface area contributed by atoms with E-state index in [1.807, 2.05) is 12.3 Å². The van der Waals surface area contributed by atoms with E-state index in [0.717, 1.165) is 29.2 Å². The highest BCUT2D eigenvalue weighted by Gasteiger charge is 2.17. The summed E-state index contributed by atoms with van der Waals surface area (Å²) in [6, 6.07) is 2.01. The maximum absolute atomic E-state index is 4.48. The number of aromatic nitrogens is 3. The van der Waals surface area contributed by atoms with Gasteiger partial charge in [0.05, 0.1) is 5.69 Å². The fraction of sp³-hybridized carbons (Fsp3) is 0.400. The molecule has 2 aromatic heterocycles. The van der Waals surface area contributed by atoms with E-state index in [2.05, 4.69) is 48.0 Å². The Bertz CT molecular complexity index is 564. The maximum Gasteiger partial charge on any atom is 0.133 e. The van der Waals surface area contributed by atoms with Crippen LogP contribution in [-0.4, -0.2) is 21.5 Å². The minimum Gasteiger partial charge on any atom is -0.370 e. The molecule has 4 heteroatoms. The molecule has 0 amide bonds. The molecular weight excluding hydrogens is 236 g/mol. The first-order valence-corrected chi connectivity index (χ1v) is 6.64. The third kappa shape index (κ3) is 2.72. The normalized spacial score (nSPS) is 10.8. The number of nitrogens with zero attached hydrogens (tertiary/aromatic N) is 3. The number of pyridine rings is 1. The van der Waals surface area contributed by atoms with Crippen molar-refractivity contribution in [1.82, 2.24) is 15.0 Å². The summed E-state index contributed by atoms with van der Waals surface area (Å²) in [7, 11) is 0. The summed E-state index contributed by atoms with van der Waals surface area (Å²) < 4.78 is 0. The number of nitrogens with one attached hydrogen (secondary N) is 1. The van der Waals surface area contributed by atoms with Crippen molar-refractivity contribution >= 4 is 5.82 Å². The first-order chi connectivity index (χ1) is 9.15. The Morgan fingerprint density at radius 3 is 2.68 bits per heavy atom. The van der Waals surface area contributed by atoms with E-state index in [9.17, 15) is 0 Å². The van der Waals surface area contributed by atoms with Crippen LogP contribution in [0.2, 0.25) is 0 Å². The van der Waals surface area contributed by atoms with Gasteiger partial charge in [-0.1, -0.05) is 13.8 Å². The average Bonchev–Trinajstić information content (AvgIpc) is 2.39. The molecule has 2 aromatic rings. The molecule has 0 spiro atoms. The number of aryl methyl sites for hydroxylation is 1. The molecule has 0 atom stereocenters. The molecule has 2 heterocycles. The summed E-state index contributed by atoms with van der Waals surface area (Å²) in [6.07, 6.45) is 5.30. The highest BCUT2D eigenvalue weighted by atomic mass is 15.0. The molecule has 0 aromatic carbocycles. The Hall–Kier alpha value is -1.97. The van der Waals surface area contributed by atoms with Crippen LogP contribution in [0.25, 0.3) is 11.3 Å². The molecule has 0 unspecified atom stereocenters. The van der Waals surface area contributed by atoms with Gasteiger partial charge in [0, 0.05) is 30.1 Å². The van der Waals surface area contributed by atoms with E-state index in [0.29, 0.717) is 5.92 Å². The van der Waals surface area contributed by atoms with E-state index in [1.165, 1.54) is 5.56 Å². The van der Waals surface area contributed by atoms with Gasteiger partial charge in [0.25, 0.3) is 0 Å². The molecule has 4 nitrogen and oxygen atoms in total. The second-order valence-electron chi connectivity index (χ2n) is 4.86. The quantitative estimate of drug-likeness (QED) is 0.910. The van der Waals surface area contributed by atoms with Gasteiger partial charge >= 0.3 is 0 Å². The van der Waals surface area contributed by atoms with Crippen LogP contribution in [-0.2, 0) is 0 Å². The minimum absolute atomic E-state index is 0.352. The highest BCUT2D eigenvalue weighted by Crippen LogP contribution is 2.32. The van der Waals surface area contributed by atoms with Crippen molar-refractivity contribution in [3.05, 3.63) is 35.9 Å². The molecule has 2 rings (SSSR count). The van der Waals surface area contributed by atoms with Gasteiger partial charge in [-0.15, -0.1) is 0 Å². The lowest BCUT2D eigenvalue weighted by atomic mass is 9.96. The second kappa shape index (κ2) is 5.78. The van der Waals surface area contributed by atoms with Gasteiger partial charge in [-0.05, 0) is 31.4 Å². The molecule has 100 valence electrons. The fourth-order valence-electron chi connectivity index (χ4n) is 2.18. The van der Waals surface area contributed by atoms with Crippen molar-refractivity contribution in [2.24, 2.45) is 0 Å². The van der Waals surface area contributed by atoms with E-state index in [4.69, 9.17) is 0 Å². The zero-order chi connectivity index (χ0) is 13.8. The summed E-state index contributed by atoms with van der Waals surface area (Å²) in [6.45, 7) is 9.32. The van der Waals surface area contributed by atoms with Crippen molar-refractivity contribution in [2.75, 3.05) is 11.9 Å². The lowest BCUT2D eigenvalue weighted by molar-refractivity contribution is 0.848. The fourth-order valence-corrected chi connectivity index (χ4v) is 2.18. The van der Waals surface area contributed by atoms with Crippen LogP contribution in [0.5, 0.6) is 0 Å². The van der Waals surface area contributed by atoms with Gasteiger partial charge in [-0.25, -0.2) is 9.97 Å². The minimum atomic E-state index is 0.352. The van der Waals surface area contributed by atoms with Crippen LogP contribution in [0, 0.1) is 6.92 Å². The predicted molar refractivity (Wildman–Crippen MR) is 78.3 cm³/mol. The summed E-state index contributed by atoms with van der Waals surface area (Å²) in [5, 5.41) is 3.32. The van der Waals surface area contributed by atoms with Crippen molar-refractivity contribution < 1.29 is 0 Å². The van der Waals surface area contributed by atoms with Gasteiger partial charge in [0.1, 0.15) is 12.1 Å². The lowest BCUT2D eigenvalue weighted by Crippen LogP contribution is -2.08. The second-order valence-corrected chi connectivity index (χ2v) is 4.86. The molecule has 0 aliphatic heterocycles. The van der Waals surface area contributed by atoms with Gasteiger partial charge in [-0.2, -0.15) is 0 Å². The van der Waals surface area contributed by atoms with Crippen LogP contribution in [0.4, 0.5) is 5.82 Å². The van der Waals surface area contributed by atoms with Crippen LogP contribution >= 0.6 is 0 Å². The van der Waals surface area contributed by atoms with Crippen LogP contribution in [0.3, 0.4) is 0 Å².